The highest BCUT2D eigenvalue weighted by atomic mass is 15.1. The standard InChI is InChI=1S/C14H13N3/c1-17(2)13-7-8-15-14-11(13)9-12(16-14)10-5-3-4-6-10/h3-5,7-9H,1-2H3,(H,15,16). The lowest BCUT2D eigenvalue weighted by Crippen LogP contribution is -2.08. The molecule has 0 radical (unpaired) electrons. The van der Waals surface area contributed by atoms with E-state index in [0.29, 0.717) is 0 Å². The number of anilines is 1. The number of nitrogens with one attached hydrogen (secondary N) is 1. The van der Waals surface area contributed by atoms with Crippen molar-refractivity contribution >= 4 is 22.3 Å². The van der Waals surface area contributed by atoms with Gasteiger partial charge in [0.05, 0.1) is 5.69 Å². The van der Waals surface area contributed by atoms with Crippen molar-refractivity contribution in [2.45, 2.75) is 0 Å². The van der Waals surface area contributed by atoms with Gasteiger partial charge in [-0.15, -0.1) is 5.73 Å². The number of H-pyrrole nitrogens is 1. The van der Waals surface area contributed by atoms with E-state index in [1.807, 2.05) is 44.6 Å². The predicted octanol–water partition coefficient (Wildman–Crippen LogP) is 2.74. The summed E-state index contributed by atoms with van der Waals surface area (Å²) in [6, 6.07) is 4.15. The van der Waals surface area contributed by atoms with Gasteiger partial charge < -0.3 is 9.88 Å². The van der Waals surface area contributed by atoms with Gasteiger partial charge in [0.15, 0.2) is 0 Å². The van der Waals surface area contributed by atoms with Gasteiger partial charge in [-0.05, 0) is 24.3 Å². The molecule has 3 nitrogen and oxygen atoms in total. The minimum Gasteiger partial charge on any atom is -0.377 e. The van der Waals surface area contributed by atoms with E-state index in [-0.39, 0.29) is 0 Å². The number of rotatable bonds is 2. The van der Waals surface area contributed by atoms with E-state index < -0.39 is 0 Å². The van der Waals surface area contributed by atoms with Crippen LogP contribution in [0.15, 0.2) is 42.3 Å². The molecule has 0 saturated carbocycles. The van der Waals surface area contributed by atoms with Gasteiger partial charge in [-0.25, -0.2) is 4.98 Å². The molecule has 0 fully saturated rings. The summed E-state index contributed by atoms with van der Waals surface area (Å²) in [4.78, 5) is 9.78. The average Bonchev–Trinajstić information content (AvgIpc) is 2.96. The van der Waals surface area contributed by atoms with Crippen LogP contribution in [0.1, 0.15) is 5.69 Å². The SMILES string of the molecule is CN(C)c1ccnc2[nH]c(C3=C=CC=C3)cc12. The van der Waals surface area contributed by atoms with E-state index >= 15 is 0 Å². The second-order valence-corrected chi connectivity index (χ2v) is 4.25. The van der Waals surface area contributed by atoms with E-state index in [9.17, 15) is 0 Å². The van der Waals surface area contributed by atoms with Crippen molar-refractivity contribution < 1.29 is 0 Å². The van der Waals surface area contributed by atoms with E-state index in [0.717, 1.165) is 22.3 Å². The van der Waals surface area contributed by atoms with E-state index in [2.05, 4.69) is 26.7 Å². The van der Waals surface area contributed by atoms with Crippen molar-refractivity contribution in [1.82, 2.24) is 9.97 Å². The zero-order chi connectivity index (χ0) is 11.8. The number of hydrogen-bond acceptors (Lipinski definition) is 2. The fraction of sp³-hybridized carbons (Fsp3) is 0.143. The molecular weight excluding hydrogens is 210 g/mol. The van der Waals surface area contributed by atoms with Crippen molar-refractivity contribution in [2.75, 3.05) is 19.0 Å². The summed E-state index contributed by atoms with van der Waals surface area (Å²) >= 11 is 0. The number of aromatic nitrogens is 2. The maximum absolute atomic E-state index is 4.36. The molecule has 17 heavy (non-hydrogen) atoms. The average molecular weight is 223 g/mol. The third-order valence-corrected chi connectivity index (χ3v) is 2.88. The maximum Gasteiger partial charge on any atom is 0.139 e. The summed E-state index contributed by atoms with van der Waals surface area (Å²) in [7, 11) is 4.08. The molecule has 2 aromatic rings. The van der Waals surface area contributed by atoms with Gasteiger partial charge >= 0.3 is 0 Å². The van der Waals surface area contributed by atoms with Crippen molar-refractivity contribution in [3.8, 4) is 0 Å². The topological polar surface area (TPSA) is 31.9 Å². The molecular formula is C14H13N3. The van der Waals surface area contributed by atoms with Gasteiger partial charge in [0.25, 0.3) is 0 Å². The van der Waals surface area contributed by atoms with Gasteiger partial charge in [0, 0.05) is 36.9 Å². The Balaban J connectivity index is 2.22. The number of aromatic amines is 1. The Morgan fingerprint density at radius 1 is 1.35 bits per heavy atom. The zero-order valence-corrected chi connectivity index (χ0v) is 9.86. The van der Waals surface area contributed by atoms with Crippen molar-refractivity contribution in [3.05, 3.63) is 48.0 Å². The summed E-state index contributed by atoms with van der Waals surface area (Å²) in [5, 5.41) is 1.14. The van der Waals surface area contributed by atoms with E-state index in [1.165, 1.54) is 5.69 Å². The molecule has 0 saturated heterocycles. The van der Waals surface area contributed by atoms with Gasteiger partial charge in [0.1, 0.15) is 5.65 Å². The first kappa shape index (κ1) is 9.94. The summed E-state index contributed by atoms with van der Waals surface area (Å²) < 4.78 is 0. The Morgan fingerprint density at radius 2 is 2.24 bits per heavy atom. The number of hydrogen-bond donors (Lipinski definition) is 1. The van der Waals surface area contributed by atoms with Crippen LogP contribution >= 0.6 is 0 Å². The summed E-state index contributed by atoms with van der Waals surface area (Å²) in [5.41, 5.74) is 7.42. The van der Waals surface area contributed by atoms with Crippen LogP contribution < -0.4 is 4.90 Å². The second-order valence-electron chi connectivity index (χ2n) is 4.25. The third-order valence-electron chi connectivity index (χ3n) is 2.88. The van der Waals surface area contributed by atoms with Crippen LogP contribution in [0.2, 0.25) is 0 Å². The number of pyridine rings is 1. The van der Waals surface area contributed by atoms with Crippen LogP contribution in [-0.2, 0) is 0 Å². The number of allylic oxidation sites excluding steroid dienone is 3. The van der Waals surface area contributed by atoms with Gasteiger partial charge in [-0.2, -0.15) is 0 Å². The maximum atomic E-state index is 4.36. The molecule has 0 bridgehead atoms. The molecule has 0 atom stereocenters. The normalized spacial score (nSPS) is 13.4. The molecule has 1 N–H and O–H groups in total. The Morgan fingerprint density at radius 3 is 2.94 bits per heavy atom. The van der Waals surface area contributed by atoms with Crippen molar-refractivity contribution in [1.29, 1.82) is 0 Å². The monoisotopic (exact) mass is 223 g/mol. The molecule has 1 aliphatic carbocycles. The van der Waals surface area contributed by atoms with E-state index in [4.69, 9.17) is 0 Å². The van der Waals surface area contributed by atoms with Crippen LogP contribution in [-0.4, -0.2) is 24.1 Å². The Labute approximate surface area is 99.8 Å². The number of fused-ring (bicyclic) bond motifs is 1. The molecule has 0 aromatic carbocycles. The first-order valence-corrected chi connectivity index (χ1v) is 5.54. The second kappa shape index (κ2) is 3.65. The first-order chi connectivity index (χ1) is 8.25. The van der Waals surface area contributed by atoms with Crippen LogP contribution in [0.5, 0.6) is 0 Å². The zero-order valence-electron chi connectivity index (χ0n) is 9.86. The highest BCUT2D eigenvalue weighted by molar-refractivity contribution is 5.93. The molecule has 2 aromatic heterocycles. The predicted molar refractivity (Wildman–Crippen MR) is 71.1 cm³/mol. The van der Waals surface area contributed by atoms with Crippen LogP contribution in [0.4, 0.5) is 5.69 Å². The lowest BCUT2D eigenvalue weighted by Gasteiger charge is -2.12. The first-order valence-electron chi connectivity index (χ1n) is 5.54. The molecule has 3 rings (SSSR count). The molecule has 84 valence electrons. The molecule has 0 amide bonds. The number of nitrogens with zero attached hydrogens (tertiary/aromatic N) is 2. The third kappa shape index (κ3) is 1.57. The minimum atomic E-state index is 0.917. The molecule has 2 heterocycles. The van der Waals surface area contributed by atoms with Gasteiger partial charge in [0.2, 0.25) is 0 Å². The van der Waals surface area contributed by atoms with Gasteiger partial charge in [-0.3, -0.25) is 0 Å². The molecule has 3 heteroatoms. The van der Waals surface area contributed by atoms with Crippen molar-refractivity contribution in [3.63, 3.8) is 0 Å². The smallest absolute Gasteiger partial charge is 0.139 e. The van der Waals surface area contributed by atoms with Crippen LogP contribution in [0, 0.1) is 0 Å². The van der Waals surface area contributed by atoms with Crippen molar-refractivity contribution in [2.24, 2.45) is 0 Å². The summed E-state index contributed by atoms with van der Waals surface area (Å²) in [6.45, 7) is 0. The van der Waals surface area contributed by atoms with E-state index in [1.54, 1.807) is 0 Å². The molecule has 1 aliphatic rings. The Kier molecular flexibility index (Phi) is 2.13. The summed E-state index contributed by atoms with van der Waals surface area (Å²) in [5.74, 6) is 0. The fourth-order valence-corrected chi connectivity index (χ4v) is 2.05. The van der Waals surface area contributed by atoms with Crippen LogP contribution in [0.25, 0.3) is 16.6 Å². The minimum absolute atomic E-state index is 0.917. The highest BCUT2D eigenvalue weighted by Crippen LogP contribution is 2.27. The van der Waals surface area contributed by atoms with Gasteiger partial charge in [-0.1, -0.05) is 6.08 Å². The Hall–Kier alpha value is -2.25. The molecule has 0 unspecified atom stereocenters. The molecule has 0 spiro atoms. The fourth-order valence-electron chi connectivity index (χ4n) is 2.05. The summed E-state index contributed by atoms with van der Waals surface area (Å²) in [6.07, 6.45) is 7.77. The Bertz CT molecular complexity index is 668. The largest absolute Gasteiger partial charge is 0.377 e. The quantitative estimate of drug-likeness (QED) is 0.794. The lowest BCUT2D eigenvalue weighted by molar-refractivity contribution is 1.14. The lowest BCUT2D eigenvalue weighted by atomic mass is 10.2. The highest BCUT2D eigenvalue weighted by Gasteiger charge is 2.09. The molecule has 0 aliphatic heterocycles. The van der Waals surface area contributed by atoms with Crippen LogP contribution in [0.3, 0.4) is 0 Å².